The van der Waals surface area contributed by atoms with E-state index in [2.05, 4.69) is 0 Å². The summed E-state index contributed by atoms with van der Waals surface area (Å²) in [6.07, 6.45) is -4.38. The molecule has 2 nitrogen and oxygen atoms in total. The third kappa shape index (κ3) is 5.76. The SMILES string of the molecule is CC(C)c1nc(C(C)C)c(CSc2ccc(C(F)(F)F)cc2)c(-c2ccc(F)cc2)c1CO. The maximum atomic E-state index is 13.6. The number of halogens is 4. The number of rotatable bonds is 7. The van der Waals surface area contributed by atoms with Gasteiger partial charge in [-0.25, -0.2) is 4.39 Å². The van der Waals surface area contributed by atoms with Crippen LogP contribution in [0, 0.1) is 5.82 Å². The summed E-state index contributed by atoms with van der Waals surface area (Å²) in [6, 6.07) is 11.2. The number of thioether (sulfide) groups is 1. The van der Waals surface area contributed by atoms with Gasteiger partial charge < -0.3 is 5.11 Å². The topological polar surface area (TPSA) is 33.1 Å². The number of aliphatic hydroxyl groups excluding tert-OH is 1. The van der Waals surface area contributed by atoms with Crippen LogP contribution in [0.5, 0.6) is 0 Å². The summed E-state index contributed by atoms with van der Waals surface area (Å²) >= 11 is 1.41. The minimum Gasteiger partial charge on any atom is -0.392 e. The largest absolute Gasteiger partial charge is 0.416 e. The summed E-state index contributed by atoms with van der Waals surface area (Å²) in [5.41, 5.74) is 4.17. The second kappa shape index (κ2) is 10.3. The Morgan fingerprint density at radius 2 is 1.39 bits per heavy atom. The monoisotopic (exact) mass is 477 g/mol. The molecule has 0 aliphatic carbocycles. The molecule has 0 fully saturated rings. The fourth-order valence-corrected chi connectivity index (χ4v) is 4.76. The Labute approximate surface area is 196 Å². The van der Waals surface area contributed by atoms with Crippen molar-refractivity contribution in [2.75, 3.05) is 0 Å². The first-order valence-corrected chi connectivity index (χ1v) is 11.7. The van der Waals surface area contributed by atoms with Crippen LogP contribution in [0.25, 0.3) is 11.1 Å². The number of benzene rings is 2. The van der Waals surface area contributed by atoms with Crippen LogP contribution in [-0.2, 0) is 18.5 Å². The van der Waals surface area contributed by atoms with Gasteiger partial charge in [0.15, 0.2) is 0 Å². The molecule has 2 aromatic carbocycles. The summed E-state index contributed by atoms with van der Waals surface area (Å²) in [5, 5.41) is 10.3. The zero-order chi connectivity index (χ0) is 24.3. The minimum absolute atomic E-state index is 0.0699. The highest BCUT2D eigenvalue weighted by Crippen LogP contribution is 2.40. The van der Waals surface area contributed by atoms with E-state index in [1.807, 2.05) is 27.7 Å². The van der Waals surface area contributed by atoms with E-state index in [-0.39, 0.29) is 24.3 Å². The van der Waals surface area contributed by atoms with E-state index in [4.69, 9.17) is 4.98 Å². The van der Waals surface area contributed by atoms with E-state index < -0.39 is 11.7 Å². The molecular weight excluding hydrogens is 450 g/mol. The van der Waals surface area contributed by atoms with Gasteiger partial charge in [-0.05, 0) is 64.9 Å². The van der Waals surface area contributed by atoms with E-state index in [9.17, 15) is 22.7 Å². The quantitative estimate of drug-likeness (QED) is 0.277. The lowest BCUT2D eigenvalue weighted by molar-refractivity contribution is -0.137. The third-order valence-corrected chi connectivity index (χ3v) is 6.45. The highest BCUT2D eigenvalue weighted by atomic mass is 32.2. The number of nitrogens with zero attached hydrogens (tertiary/aromatic N) is 1. The Hall–Kier alpha value is -2.38. The van der Waals surface area contributed by atoms with Gasteiger partial charge in [-0.15, -0.1) is 11.8 Å². The molecule has 3 aromatic rings. The van der Waals surface area contributed by atoms with Crippen molar-refractivity contribution < 1.29 is 22.7 Å². The fourth-order valence-electron chi connectivity index (χ4n) is 3.82. The van der Waals surface area contributed by atoms with E-state index in [0.29, 0.717) is 16.2 Å². The van der Waals surface area contributed by atoms with Crippen LogP contribution in [-0.4, -0.2) is 10.1 Å². The maximum Gasteiger partial charge on any atom is 0.416 e. The van der Waals surface area contributed by atoms with Crippen LogP contribution in [0.3, 0.4) is 0 Å². The predicted molar refractivity (Wildman–Crippen MR) is 125 cm³/mol. The Balaban J connectivity index is 2.12. The standard InChI is InChI=1S/C26H27F4NOS/c1-15(2)24-21(13-32)23(17-5-9-19(27)10-6-17)22(25(31-24)16(3)4)14-33-20-11-7-18(8-12-20)26(28,29)30/h5-12,15-16,32H,13-14H2,1-4H3. The Bertz CT molecular complexity index is 1090. The second-order valence-corrected chi connectivity index (χ2v) is 9.55. The molecule has 0 unspecified atom stereocenters. The van der Waals surface area contributed by atoms with Gasteiger partial charge in [-0.3, -0.25) is 4.98 Å². The van der Waals surface area contributed by atoms with Gasteiger partial charge in [0.1, 0.15) is 5.82 Å². The molecule has 0 aliphatic rings. The van der Waals surface area contributed by atoms with Gasteiger partial charge >= 0.3 is 6.18 Å². The van der Waals surface area contributed by atoms with Crippen molar-refractivity contribution in [2.24, 2.45) is 0 Å². The molecule has 0 bridgehead atoms. The lowest BCUT2D eigenvalue weighted by atomic mass is 9.88. The van der Waals surface area contributed by atoms with Crippen molar-refractivity contribution in [2.45, 2.75) is 63.0 Å². The zero-order valence-electron chi connectivity index (χ0n) is 19.0. The molecule has 7 heteroatoms. The van der Waals surface area contributed by atoms with Gasteiger partial charge in [-0.1, -0.05) is 39.8 Å². The molecule has 1 heterocycles. The lowest BCUT2D eigenvalue weighted by Crippen LogP contribution is -2.12. The predicted octanol–water partition coefficient (Wildman–Crippen LogP) is 7.94. The maximum absolute atomic E-state index is 13.6. The average Bonchev–Trinajstić information content (AvgIpc) is 2.76. The van der Waals surface area contributed by atoms with E-state index in [0.717, 1.165) is 40.2 Å². The summed E-state index contributed by atoms with van der Waals surface area (Å²) in [7, 11) is 0. The molecule has 0 aliphatic heterocycles. The molecule has 0 amide bonds. The number of alkyl halides is 3. The Morgan fingerprint density at radius 1 is 0.848 bits per heavy atom. The van der Waals surface area contributed by atoms with Crippen LogP contribution in [0.2, 0.25) is 0 Å². The molecule has 0 atom stereocenters. The molecule has 0 saturated heterocycles. The smallest absolute Gasteiger partial charge is 0.392 e. The lowest BCUT2D eigenvalue weighted by Gasteiger charge is -2.24. The van der Waals surface area contributed by atoms with E-state index >= 15 is 0 Å². The highest BCUT2D eigenvalue weighted by molar-refractivity contribution is 7.98. The van der Waals surface area contributed by atoms with Gasteiger partial charge in [0.25, 0.3) is 0 Å². The van der Waals surface area contributed by atoms with Gasteiger partial charge in [0.2, 0.25) is 0 Å². The van der Waals surface area contributed by atoms with Crippen molar-refractivity contribution >= 4 is 11.8 Å². The molecule has 0 spiro atoms. The van der Waals surface area contributed by atoms with Crippen LogP contribution in [0.4, 0.5) is 17.6 Å². The zero-order valence-corrected chi connectivity index (χ0v) is 19.8. The molecule has 33 heavy (non-hydrogen) atoms. The van der Waals surface area contributed by atoms with Gasteiger partial charge in [0, 0.05) is 27.6 Å². The average molecular weight is 478 g/mol. The van der Waals surface area contributed by atoms with Crippen molar-refractivity contribution in [3.8, 4) is 11.1 Å². The third-order valence-electron chi connectivity index (χ3n) is 5.41. The number of aliphatic hydroxyl groups is 1. The first-order valence-electron chi connectivity index (χ1n) is 10.7. The number of hydrogen-bond donors (Lipinski definition) is 1. The van der Waals surface area contributed by atoms with E-state index in [1.54, 1.807) is 12.1 Å². The normalized spacial score (nSPS) is 12.1. The van der Waals surface area contributed by atoms with E-state index in [1.165, 1.54) is 36.0 Å². The first kappa shape index (κ1) is 25.2. The van der Waals surface area contributed by atoms with Crippen LogP contribution in [0.1, 0.15) is 67.6 Å². The number of hydrogen-bond acceptors (Lipinski definition) is 3. The second-order valence-electron chi connectivity index (χ2n) is 8.50. The first-order chi connectivity index (χ1) is 15.5. The molecule has 176 valence electrons. The van der Waals surface area contributed by atoms with Crippen molar-refractivity contribution in [3.63, 3.8) is 0 Å². The minimum atomic E-state index is -4.38. The molecule has 0 saturated carbocycles. The summed E-state index contributed by atoms with van der Waals surface area (Å²) < 4.78 is 52.3. The molecule has 1 N–H and O–H groups in total. The summed E-state index contributed by atoms with van der Waals surface area (Å²) in [6.45, 7) is 7.87. The Kier molecular flexibility index (Phi) is 7.85. The number of pyridine rings is 1. The van der Waals surface area contributed by atoms with Crippen LogP contribution in [0.15, 0.2) is 53.4 Å². The van der Waals surface area contributed by atoms with Crippen molar-refractivity contribution in [1.29, 1.82) is 0 Å². The fraction of sp³-hybridized carbons (Fsp3) is 0.346. The Morgan fingerprint density at radius 3 is 1.88 bits per heavy atom. The summed E-state index contributed by atoms with van der Waals surface area (Å²) in [4.78, 5) is 5.60. The summed E-state index contributed by atoms with van der Waals surface area (Å²) in [5.74, 6) is 0.245. The van der Waals surface area contributed by atoms with Gasteiger partial charge in [-0.2, -0.15) is 13.2 Å². The molecule has 1 aromatic heterocycles. The molecule has 0 radical (unpaired) electrons. The van der Waals surface area contributed by atoms with Crippen LogP contribution >= 0.6 is 11.8 Å². The van der Waals surface area contributed by atoms with Crippen molar-refractivity contribution in [3.05, 3.63) is 82.4 Å². The van der Waals surface area contributed by atoms with Gasteiger partial charge in [0.05, 0.1) is 12.2 Å². The molecule has 3 rings (SSSR count). The highest BCUT2D eigenvalue weighted by Gasteiger charge is 2.30. The van der Waals surface area contributed by atoms with Crippen molar-refractivity contribution in [1.82, 2.24) is 4.98 Å². The van der Waals surface area contributed by atoms with Crippen LogP contribution < -0.4 is 0 Å². The number of aromatic nitrogens is 1. The molecular formula is C26H27F4NOS.